The van der Waals surface area contributed by atoms with Gasteiger partial charge in [0.2, 0.25) is 0 Å². The zero-order valence-corrected chi connectivity index (χ0v) is 10.2. The van der Waals surface area contributed by atoms with E-state index in [9.17, 15) is 10.1 Å². The quantitative estimate of drug-likeness (QED) is 0.693. The van der Waals surface area contributed by atoms with Crippen molar-refractivity contribution in [2.75, 3.05) is 5.32 Å². The standard InChI is InChI=1S/C10H8BrN3O3/c11-9-4-7(14(15)16)5-12-10(9)13-6-8-2-1-3-17-8/h1-5H,6H2,(H,12,13). The average Bonchev–Trinajstić information content (AvgIpc) is 2.80. The Kier molecular flexibility index (Phi) is 3.38. The van der Waals surface area contributed by atoms with E-state index in [0.717, 1.165) is 5.76 Å². The van der Waals surface area contributed by atoms with Crippen LogP contribution in [0.2, 0.25) is 0 Å². The summed E-state index contributed by atoms with van der Waals surface area (Å²) in [6.07, 6.45) is 2.78. The second kappa shape index (κ2) is 4.96. The number of hydrogen-bond donors (Lipinski definition) is 1. The fraction of sp³-hybridized carbons (Fsp3) is 0.100. The molecule has 2 aromatic heterocycles. The van der Waals surface area contributed by atoms with Gasteiger partial charge in [0.25, 0.3) is 5.69 Å². The van der Waals surface area contributed by atoms with Gasteiger partial charge in [0.1, 0.15) is 17.8 Å². The average molecular weight is 298 g/mol. The number of halogens is 1. The number of rotatable bonds is 4. The van der Waals surface area contributed by atoms with Crippen molar-refractivity contribution >= 4 is 27.4 Å². The fourth-order valence-electron chi connectivity index (χ4n) is 1.24. The predicted octanol–water partition coefficient (Wildman–Crippen LogP) is 2.96. The van der Waals surface area contributed by atoms with Gasteiger partial charge in [-0.3, -0.25) is 10.1 Å². The van der Waals surface area contributed by atoms with Gasteiger partial charge in [-0.25, -0.2) is 4.98 Å². The van der Waals surface area contributed by atoms with Crippen LogP contribution < -0.4 is 5.32 Å². The minimum Gasteiger partial charge on any atom is -0.467 e. The molecule has 0 spiro atoms. The van der Waals surface area contributed by atoms with Crippen LogP contribution in [-0.4, -0.2) is 9.91 Å². The molecule has 7 heteroatoms. The van der Waals surface area contributed by atoms with Crippen LogP contribution >= 0.6 is 15.9 Å². The number of nitrogens with one attached hydrogen (secondary N) is 1. The molecule has 1 N–H and O–H groups in total. The van der Waals surface area contributed by atoms with E-state index < -0.39 is 4.92 Å². The number of hydrogen-bond acceptors (Lipinski definition) is 5. The second-order valence-corrected chi connectivity index (χ2v) is 4.07. The normalized spacial score (nSPS) is 10.2. The third-order valence-electron chi connectivity index (χ3n) is 2.05. The molecule has 0 saturated heterocycles. The second-order valence-electron chi connectivity index (χ2n) is 3.21. The molecular weight excluding hydrogens is 290 g/mol. The Balaban J connectivity index is 2.09. The Labute approximate surface area is 105 Å². The van der Waals surface area contributed by atoms with Crippen LogP contribution in [0.4, 0.5) is 11.5 Å². The van der Waals surface area contributed by atoms with E-state index in [1.807, 2.05) is 6.07 Å². The first-order valence-corrected chi connectivity index (χ1v) is 5.52. The van der Waals surface area contributed by atoms with Gasteiger partial charge >= 0.3 is 0 Å². The van der Waals surface area contributed by atoms with E-state index in [0.29, 0.717) is 16.8 Å². The first-order valence-electron chi connectivity index (χ1n) is 4.73. The van der Waals surface area contributed by atoms with Gasteiger partial charge in [-0.15, -0.1) is 0 Å². The molecule has 0 aliphatic heterocycles. The van der Waals surface area contributed by atoms with Gasteiger partial charge in [-0.1, -0.05) is 0 Å². The topological polar surface area (TPSA) is 81.2 Å². The van der Waals surface area contributed by atoms with Crippen molar-refractivity contribution in [1.29, 1.82) is 0 Å². The summed E-state index contributed by atoms with van der Waals surface area (Å²) in [5, 5.41) is 13.5. The third-order valence-corrected chi connectivity index (χ3v) is 2.65. The molecule has 6 nitrogen and oxygen atoms in total. The zero-order valence-electron chi connectivity index (χ0n) is 8.59. The van der Waals surface area contributed by atoms with Gasteiger partial charge in [0, 0.05) is 6.07 Å². The largest absolute Gasteiger partial charge is 0.467 e. The minimum atomic E-state index is -0.492. The maximum Gasteiger partial charge on any atom is 0.288 e. The van der Waals surface area contributed by atoms with Crippen LogP contribution in [0.1, 0.15) is 5.76 Å². The highest BCUT2D eigenvalue weighted by atomic mass is 79.9. The van der Waals surface area contributed by atoms with Gasteiger partial charge in [-0.2, -0.15) is 0 Å². The molecule has 0 aromatic carbocycles. The summed E-state index contributed by atoms with van der Waals surface area (Å²) >= 11 is 3.22. The Hall–Kier alpha value is -1.89. The molecule has 17 heavy (non-hydrogen) atoms. The van der Waals surface area contributed by atoms with Crippen LogP contribution in [-0.2, 0) is 6.54 Å². The zero-order chi connectivity index (χ0) is 12.3. The van der Waals surface area contributed by atoms with Crippen molar-refractivity contribution in [3.63, 3.8) is 0 Å². The summed E-state index contributed by atoms with van der Waals surface area (Å²) in [4.78, 5) is 14.0. The Morgan fingerprint density at radius 2 is 2.41 bits per heavy atom. The molecule has 0 fully saturated rings. The summed E-state index contributed by atoms with van der Waals surface area (Å²) in [5.74, 6) is 1.30. The molecule has 2 aromatic rings. The van der Waals surface area contributed by atoms with Crippen molar-refractivity contribution in [1.82, 2.24) is 4.98 Å². The molecule has 2 heterocycles. The van der Waals surface area contributed by atoms with E-state index >= 15 is 0 Å². The number of pyridine rings is 1. The number of nitro groups is 1. The van der Waals surface area contributed by atoms with Crippen LogP contribution in [0.3, 0.4) is 0 Å². The van der Waals surface area contributed by atoms with Gasteiger partial charge in [0.05, 0.1) is 22.2 Å². The van der Waals surface area contributed by atoms with Crippen molar-refractivity contribution in [3.8, 4) is 0 Å². The Morgan fingerprint density at radius 1 is 1.59 bits per heavy atom. The molecule has 88 valence electrons. The highest BCUT2D eigenvalue weighted by Gasteiger charge is 2.10. The Bertz CT molecular complexity index is 528. The van der Waals surface area contributed by atoms with Gasteiger partial charge in [-0.05, 0) is 28.1 Å². The van der Waals surface area contributed by atoms with Crippen LogP contribution in [0, 0.1) is 10.1 Å². The van der Waals surface area contributed by atoms with Crippen molar-refractivity contribution in [2.24, 2.45) is 0 Å². The van der Waals surface area contributed by atoms with Crippen LogP contribution in [0.5, 0.6) is 0 Å². The summed E-state index contributed by atoms with van der Waals surface area (Å²) in [6, 6.07) is 5.01. The van der Waals surface area contributed by atoms with E-state index in [2.05, 4.69) is 26.2 Å². The fourth-order valence-corrected chi connectivity index (χ4v) is 1.72. The molecule has 0 atom stereocenters. The lowest BCUT2D eigenvalue weighted by Crippen LogP contribution is -2.01. The van der Waals surface area contributed by atoms with Crippen LogP contribution in [0.15, 0.2) is 39.5 Å². The lowest BCUT2D eigenvalue weighted by molar-refractivity contribution is -0.385. The number of furan rings is 1. The lowest BCUT2D eigenvalue weighted by Gasteiger charge is -2.05. The summed E-state index contributed by atoms with van der Waals surface area (Å²) in [5.41, 5.74) is -0.0552. The smallest absolute Gasteiger partial charge is 0.288 e. The Morgan fingerprint density at radius 3 is 3.00 bits per heavy atom. The van der Waals surface area contributed by atoms with E-state index in [4.69, 9.17) is 4.42 Å². The first kappa shape index (κ1) is 11.6. The molecule has 2 rings (SSSR count). The molecule has 0 radical (unpaired) electrons. The summed E-state index contributed by atoms with van der Waals surface area (Å²) in [7, 11) is 0. The lowest BCUT2D eigenvalue weighted by atomic mass is 10.4. The monoisotopic (exact) mass is 297 g/mol. The summed E-state index contributed by atoms with van der Waals surface area (Å²) in [6.45, 7) is 0.469. The SMILES string of the molecule is O=[N+]([O-])c1cnc(NCc2ccco2)c(Br)c1. The highest BCUT2D eigenvalue weighted by Crippen LogP contribution is 2.24. The highest BCUT2D eigenvalue weighted by molar-refractivity contribution is 9.10. The van der Waals surface area contributed by atoms with Gasteiger partial charge < -0.3 is 9.73 Å². The molecule has 0 amide bonds. The number of anilines is 1. The van der Waals surface area contributed by atoms with Crippen molar-refractivity contribution < 1.29 is 9.34 Å². The van der Waals surface area contributed by atoms with E-state index in [-0.39, 0.29) is 5.69 Å². The van der Waals surface area contributed by atoms with E-state index in [1.54, 1.807) is 12.3 Å². The van der Waals surface area contributed by atoms with Crippen molar-refractivity contribution in [3.05, 3.63) is 51.0 Å². The molecule has 0 aliphatic carbocycles. The molecule has 0 saturated carbocycles. The van der Waals surface area contributed by atoms with Crippen LogP contribution in [0.25, 0.3) is 0 Å². The maximum atomic E-state index is 10.5. The summed E-state index contributed by atoms with van der Waals surface area (Å²) < 4.78 is 5.68. The van der Waals surface area contributed by atoms with Crippen molar-refractivity contribution in [2.45, 2.75) is 6.54 Å². The molecule has 0 unspecified atom stereocenters. The third kappa shape index (κ3) is 2.82. The molecular formula is C10H8BrN3O3. The van der Waals surface area contributed by atoms with E-state index in [1.165, 1.54) is 12.3 Å². The minimum absolute atomic E-state index is 0.0552. The first-order chi connectivity index (χ1) is 8.16. The molecule has 0 aliphatic rings. The maximum absolute atomic E-state index is 10.5. The number of nitrogens with zero attached hydrogens (tertiary/aromatic N) is 2. The predicted molar refractivity (Wildman–Crippen MR) is 64.6 cm³/mol. The van der Waals surface area contributed by atoms with Gasteiger partial charge in [0.15, 0.2) is 0 Å². The number of aromatic nitrogens is 1. The molecule has 0 bridgehead atoms.